The van der Waals surface area contributed by atoms with Gasteiger partial charge in [-0.1, -0.05) is 0 Å². The fourth-order valence-corrected chi connectivity index (χ4v) is 1.20. The van der Waals surface area contributed by atoms with Crippen LogP contribution in [0.25, 0.3) is 0 Å². The predicted molar refractivity (Wildman–Crippen MR) is 46.8 cm³/mol. The van der Waals surface area contributed by atoms with Crippen LogP contribution in [-0.2, 0) is 4.74 Å². The summed E-state index contributed by atoms with van der Waals surface area (Å²) in [4.78, 5) is 0. The molecule has 0 amide bonds. The number of hydrogen-bond acceptors (Lipinski definition) is 3. The lowest BCUT2D eigenvalue weighted by molar-refractivity contribution is -0.631. The molecule has 12 heavy (non-hydrogen) atoms. The Kier molecular flexibility index (Phi) is 3.76. The quantitative estimate of drug-likeness (QED) is 0.484. The third-order valence-corrected chi connectivity index (χ3v) is 1.99. The van der Waals surface area contributed by atoms with Crippen molar-refractivity contribution in [1.82, 2.24) is 0 Å². The van der Waals surface area contributed by atoms with Gasteiger partial charge in [0.25, 0.3) is 0 Å². The summed E-state index contributed by atoms with van der Waals surface area (Å²) in [6.07, 6.45) is 5.11. The Labute approximate surface area is 72.3 Å². The minimum Gasteiger partial charge on any atom is -0.393 e. The fraction of sp³-hybridized carbons (Fsp3) is 0.625. The Balaban J connectivity index is 2.25. The molecule has 1 aliphatic heterocycles. The van der Waals surface area contributed by atoms with E-state index in [0.717, 1.165) is 32.3 Å². The summed E-state index contributed by atoms with van der Waals surface area (Å²) in [6, 6.07) is 0.581. The lowest BCUT2D eigenvalue weighted by Crippen LogP contribution is -2.85. The second kappa shape index (κ2) is 4.90. The van der Waals surface area contributed by atoms with Crippen molar-refractivity contribution in [1.29, 1.82) is 5.41 Å². The van der Waals surface area contributed by atoms with Gasteiger partial charge >= 0.3 is 0 Å². The summed E-state index contributed by atoms with van der Waals surface area (Å²) in [5.74, 6) is 0. The van der Waals surface area contributed by atoms with E-state index in [-0.39, 0.29) is 0 Å². The Hall–Kier alpha value is -0.870. The summed E-state index contributed by atoms with van der Waals surface area (Å²) >= 11 is 0. The molecule has 1 aliphatic rings. The van der Waals surface area contributed by atoms with E-state index in [1.807, 2.05) is 6.20 Å². The van der Waals surface area contributed by atoms with Crippen LogP contribution in [0, 0.1) is 5.41 Å². The second-order valence-corrected chi connectivity index (χ2v) is 2.95. The highest BCUT2D eigenvalue weighted by molar-refractivity contribution is 5.73. The molecule has 1 fully saturated rings. The van der Waals surface area contributed by atoms with Gasteiger partial charge in [-0.15, -0.1) is 0 Å². The maximum Gasteiger partial charge on any atom is 0.118 e. The number of allylic oxidation sites excluding steroid dienone is 1. The first kappa shape index (κ1) is 9.22. The monoisotopic (exact) mass is 170 g/mol. The van der Waals surface area contributed by atoms with Crippen molar-refractivity contribution in [3.63, 3.8) is 0 Å². The van der Waals surface area contributed by atoms with Crippen molar-refractivity contribution in [3.8, 4) is 0 Å². The van der Waals surface area contributed by atoms with Crippen molar-refractivity contribution >= 4 is 6.21 Å². The summed E-state index contributed by atoms with van der Waals surface area (Å²) in [7, 11) is 0. The Morgan fingerprint density at radius 3 is 2.75 bits per heavy atom. The third kappa shape index (κ3) is 3.02. The van der Waals surface area contributed by atoms with Gasteiger partial charge in [0.05, 0.1) is 19.3 Å². The molecule has 0 aliphatic carbocycles. The van der Waals surface area contributed by atoms with Crippen molar-refractivity contribution in [2.45, 2.75) is 18.9 Å². The minimum atomic E-state index is 0.515. The van der Waals surface area contributed by atoms with Gasteiger partial charge < -0.3 is 21.2 Å². The summed E-state index contributed by atoms with van der Waals surface area (Å²) in [5.41, 5.74) is 5.96. The lowest BCUT2D eigenvalue weighted by atomic mass is 10.1. The Morgan fingerprint density at radius 2 is 2.17 bits per heavy atom. The van der Waals surface area contributed by atoms with Gasteiger partial charge in [-0.05, 0) is 0 Å². The Bertz CT molecular complexity index is 173. The zero-order valence-corrected chi connectivity index (χ0v) is 7.12. The smallest absolute Gasteiger partial charge is 0.118 e. The molecule has 4 nitrogen and oxygen atoms in total. The van der Waals surface area contributed by atoms with Crippen molar-refractivity contribution < 1.29 is 10.1 Å². The van der Waals surface area contributed by atoms with Crippen LogP contribution in [0.5, 0.6) is 0 Å². The van der Waals surface area contributed by atoms with Crippen LogP contribution >= 0.6 is 0 Å². The maximum absolute atomic E-state index is 6.86. The maximum atomic E-state index is 6.86. The molecular weight excluding hydrogens is 154 g/mol. The van der Waals surface area contributed by atoms with E-state index >= 15 is 0 Å². The van der Waals surface area contributed by atoms with Crippen molar-refractivity contribution in [2.75, 3.05) is 13.2 Å². The minimum absolute atomic E-state index is 0.515. The average molecular weight is 170 g/mol. The van der Waals surface area contributed by atoms with Crippen molar-refractivity contribution in [2.24, 2.45) is 5.73 Å². The predicted octanol–water partition coefficient (Wildman–Crippen LogP) is -0.822. The third-order valence-electron chi connectivity index (χ3n) is 1.99. The van der Waals surface area contributed by atoms with Crippen LogP contribution in [-0.4, -0.2) is 25.5 Å². The molecule has 0 unspecified atom stereocenters. The first-order valence-electron chi connectivity index (χ1n) is 4.22. The van der Waals surface area contributed by atoms with Crippen LogP contribution in [0.3, 0.4) is 0 Å². The molecule has 0 atom stereocenters. The molecule has 4 heteroatoms. The molecule has 5 N–H and O–H groups in total. The van der Waals surface area contributed by atoms with Crippen LogP contribution in [0.1, 0.15) is 12.8 Å². The number of nitrogens with two attached hydrogens (primary N) is 2. The number of quaternary nitrogens is 1. The number of rotatable bonds is 3. The summed E-state index contributed by atoms with van der Waals surface area (Å²) in [6.45, 7) is 1.69. The van der Waals surface area contributed by atoms with Crippen LogP contribution in [0.4, 0.5) is 0 Å². The molecule has 1 saturated heterocycles. The standard InChI is InChI=1S/C8H15N3O/c9-5-7(10)6-11-8-1-3-12-4-2-8/h5-6,8-9,11H,1-4,10H2/p+1. The van der Waals surface area contributed by atoms with Gasteiger partial charge in [0.1, 0.15) is 11.9 Å². The van der Waals surface area contributed by atoms with E-state index in [9.17, 15) is 0 Å². The normalized spacial score (nSPS) is 20.8. The molecule has 1 rings (SSSR count). The molecule has 0 aromatic heterocycles. The van der Waals surface area contributed by atoms with Gasteiger partial charge in [0, 0.05) is 19.1 Å². The van der Waals surface area contributed by atoms with Crippen molar-refractivity contribution in [3.05, 3.63) is 11.9 Å². The zero-order chi connectivity index (χ0) is 8.81. The van der Waals surface area contributed by atoms with E-state index < -0.39 is 0 Å². The van der Waals surface area contributed by atoms with Gasteiger partial charge in [-0.25, -0.2) is 0 Å². The lowest BCUT2D eigenvalue weighted by Gasteiger charge is -2.18. The highest BCUT2D eigenvalue weighted by Gasteiger charge is 2.14. The van der Waals surface area contributed by atoms with Crippen LogP contribution in [0.15, 0.2) is 11.9 Å². The van der Waals surface area contributed by atoms with E-state index in [0.29, 0.717) is 11.7 Å². The van der Waals surface area contributed by atoms with E-state index in [2.05, 4.69) is 5.32 Å². The number of ether oxygens (including phenoxy) is 1. The Morgan fingerprint density at radius 1 is 1.50 bits per heavy atom. The van der Waals surface area contributed by atoms with Gasteiger partial charge in [-0.2, -0.15) is 0 Å². The number of hydrogen-bond donors (Lipinski definition) is 3. The van der Waals surface area contributed by atoms with Gasteiger partial charge in [0.15, 0.2) is 0 Å². The molecule has 0 radical (unpaired) electrons. The summed E-state index contributed by atoms with van der Waals surface area (Å²) in [5, 5.41) is 8.94. The topological polar surface area (TPSA) is 75.7 Å². The van der Waals surface area contributed by atoms with E-state index in [1.165, 1.54) is 0 Å². The largest absolute Gasteiger partial charge is 0.393 e. The van der Waals surface area contributed by atoms with E-state index in [4.69, 9.17) is 15.9 Å². The molecule has 0 aromatic carbocycles. The molecular formula is C8H16N3O+. The van der Waals surface area contributed by atoms with Crippen LogP contribution in [0.2, 0.25) is 0 Å². The molecule has 0 spiro atoms. The van der Waals surface area contributed by atoms with E-state index in [1.54, 1.807) is 0 Å². The van der Waals surface area contributed by atoms with Gasteiger partial charge in [-0.3, -0.25) is 0 Å². The molecule has 68 valence electrons. The molecule has 1 heterocycles. The second-order valence-electron chi connectivity index (χ2n) is 2.95. The highest BCUT2D eigenvalue weighted by Crippen LogP contribution is 2.01. The highest BCUT2D eigenvalue weighted by atomic mass is 16.5. The van der Waals surface area contributed by atoms with Gasteiger partial charge in [0.2, 0.25) is 0 Å². The first-order valence-corrected chi connectivity index (χ1v) is 4.22. The summed E-state index contributed by atoms with van der Waals surface area (Å²) < 4.78 is 5.22. The molecule has 0 saturated carbocycles. The molecule has 0 aromatic rings. The SMILES string of the molecule is N=CC(N)=C[NH2+]C1CCOCC1. The van der Waals surface area contributed by atoms with Crippen LogP contribution < -0.4 is 11.1 Å². The molecule has 0 bridgehead atoms. The first-order chi connectivity index (χ1) is 5.83. The average Bonchev–Trinajstić information content (AvgIpc) is 2.16. The zero-order valence-electron chi connectivity index (χ0n) is 7.12. The fourth-order valence-electron chi connectivity index (χ4n) is 1.20. The number of nitrogens with one attached hydrogen (secondary N) is 1.